The molecule has 1 aromatic carbocycles. The molecule has 7 heteroatoms. The third-order valence-corrected chi connectivity index (χ3v) is 2.10. The van der Waals surface area contributed by atoms with E-state index in [4.69, 9.17) is 4.74 Å². The van der Waals surface area contributed by atoms with Crippen LogP contribution >= 0.6 is 0 Å². The van der Waals surface area contributed by atoms with Crippen molar-refractivity contribution in [2.75, 3.05) is 13.7 Å². The zero-order valence-corrected chi connectivity index (χ0v) is 10.6. The van der Waals surface area contributed by atoms with Gasteiger partial charge >= 0.3 is 0 Å². The summed E-state index contributed by atoms with van der Waals surface area (Å²) in [7, 11) is 1.36. The molecule has 0 aliphatic rings. The second kappa shape index (κ2) is 7.32. The highest BCUT2D eigenvalue weighted by Gasteiger charge is 2.15. The fraction of sp³-hybridized carbons (Fsp3) is 0.333. The van der Waals surface area contributed by atoms with Crippen LogP contribution in [0.5, 0.6) is 5.75 Å². The first-order chi connectivity index (χ1) is 9.02. The van der Waals surface area contributed by atoms with Gasteiger partial charge in [0.1, 0.15) is 18.2 Å². The Morgan fingerprint density at radius 3 is 2.47 bits per heavy atom. The Hall–Kier alpha value is -2.15. The lowest BCUT2D eigenvalue weighted by Gasteiger charge is -2.14. The van der Waals surface area contributed by atoms with Crippen LogP contribution in [0.2, 0.25) is 0 Å². The quantitative estimate of drug-likeness (QED) is 0.759. The highest BCUT2D eigenvalue weighted by molar-refractivity contribution is 5.84. The van der Waals surface area contributed by atoms with Gasteiger partial charge in [0.05, 0.1) is 0 Å². The fourth-order valence-electron chi connectivity index (χ4n) is 1.17. The van der Waals surface area contributed by atoms with E-state index in [-0.39, 0.29) is 6.61 Å². The summed E-state index contributed by atoms with van der Waals surface area (Å²) in [6.45, 7) is 1.34. The molecule has 1 aromatic rings. The van der Waals surface area contributed by atoms with Gasteiger partial charge in [0.15, 0.2) is 6.10 Å². The lowest BCUT2D eigenvalue weighted by Crippen LogP contribution is -2.48. The number of nitrogens with one attached hydrogen (secondary N) is 2. The number of amides is 2. The molecule has 0 aliphatic heterocycles. The maximum atomic E-state index is 12.7. The molecule has 0 aromatic heterocycles. The molecule has 0 spiro atoms. The molecule has 104 valence electrons. The summed E-state index contributed by atoms with van der Waals surface area (Å²) >= 11 is 0. The number of hydrogen-bond acceptors (Lipinski definition) is 4. The van der Waals surface area contributed by atoms with E-state index in [1.807, 2.05) is 0 Å². The number of hydrazine groups is 1. The maximum absolute atomic E-state index is 12.7. The number of carbonyl (C=O) groups is 2. The van der Waals surface area contributed by atoms with E-state index in [0.717, 1.165) is 0 Å². The van der Waals surface area contributed by atoms with Gasteiger partial charge in [-0.15, -0.1) is 0 Å². The van der Waals surface area contributed by atoms with Crippen molar-refractivity contribution in [1.29, 1.82) is 0 Å². The molecule has 0 aliphatic carbocycles. The Labute approximate surface area is 109 Å². The molecular formula is C12H15FN2O4. The van der Waals surface area contributed by atoms with Crippen LogP contribution in [-0.4, -0.2) is 31.6 Å². The molecule has 0 saturated carbocycles. The lowest BCUT2D eigenvalue weighted by atomic mass is 10.3. The van der Waals surface area contributed by atoms with Crippen LogP contribution in [-0.2, 0) is 14.3 Å². The van der Waals surface area contributed by atoms with Crippen LogP contribution < -0.4 is 15.6 Å². The van der Waals surface area contributed by atoms with E-state index in [9.17, 15) is 14.0 Å². The van der Waals surface area contributed by atoms with E-state index >= 15 is 0 Å². The molecule has 0 unspecified atom stereocenters. The van der Waals surface area contributed by atoms with Crippen molar-refractivity contribution in [2.24, 2.45) is 0 Å². The summed E-state index contributed by atoms with van der Waals surface area (Å²) in [6.07, 6.45) is -0.840. The van der Waals surface area contributed by atoms with Crippen LogP contribution in [0.25, 0.3) is 0 Å². The Morgan fingerprint density at radius 1 is 1.26 bits per heavy atom. The summed E-state index contributed by atoms with van der Waals surface area (Å²) in [4.78, 5) is 22.6. The number of methoxy groups -OCH3 is 1. The molecular weight excluding hydrogens is 255 g/mol. The summed E-state index contributed by atoms with van der Waals surface area (Å²) in [5.74, 6) is -1.05. The molecule has 1 rings (SSSR count). The molecule has 1 atom stereocenters. The molecule has 0 radical (unpaired) electrons. The van der Waals surface area contributed by atoms with Gasteiger partial charge in [0.25, 0.3) is 11.8 Å². The second-order valence-electron chi connectivity index (χ2n) is 3.68. The molecule has 2 amide bonds. The minimum absolute atomic E-state index is 0.159. The SMILES string of the molecule is COCC(=O)NNC(=O)[C@@H](C)Oc1ccc(F)cc1. The minimum Gasteiger partial charge on any atom is -0.481 e. The van der Waals surface area contributed by atoms with Crippen molar-refractivity contribution < 1.29 is 23.5 Å². The topological polar surface area (TPSA) is 76.7 Å². The van der Waals surface area contributed by atoms with E-state index in [1.54, 1.807) is 0 Å². The van der Waals surface area contributed by atoms with Crippen molar-refractivity contribution in [1.82, 2.24) is 10.9 Å². The van der Waals surface area contributed by atoms with Gasteiger partial charge in [0, 0.05) is 7.11 Å². The van der Waals surface area contributed by atoms with Gasteiger partial charge in [-0.05, 0) is 31.2 Å². The average molecular weight is 270 g/mol. The highest BCUT2D eigenvalue weighted by atomic mass is 19.1. The Bertz CT molecular complexity index is 436. The zero-order valence-electron chi connectivity index (χ0n) is 10.6. The second-order valence-corrected chi connectivity index (χ2v) is 3.68. The van der Waals surface area contributed by atoms with Crippen LogP contribution in [0.15, 0.2) is 24.3 Å². The minimum atomic E-state index is -0.840. The largest absolute Gasteiger partial charge is 0.481 e. The monoisotopic (exact) mass is 270 g/mol. The smallest absolute Gasteiger partial charge is 0.279 e. The first-order valence-electron chi connectivity index (χ1n) is 5.52. The van der Waals surface area contributed by atoms with Crippen LogP contribution in [0.3, 0.4) is 0 Å². The molecule has 6 nitrogen and oxygen atoms in total. The van der Waals surface area contributed by atoms with Gasteiger partial charge < -0.3 is 9.47 Å². The summed E-state index contributed by atoms with van der Waals surface area (Å²) < 4.78 is 22.5. The van der Waals surface area contributed by atoms with E-state index in [0.29, 0.717) is 5.75 Å². The normalized spacial score (nSPS) is 11.5. The van der Waals surface area contributed by atoms with Gasteiger partial charge in [-0.2, -0.15) is 0 Å². The zero-order chi connectivity index (χ0) is 14.3. The van der Waals surface area contributed by atoms with Crippen molar-refractivity contribution in [2.45, 2.75) is 13.0 Å². The van der Waals surface area contributed by atoms with Crippen molar-refractivity contribution >= 4 is 11.8 Å². The average Bonchev–Trinajstić information content (AvgIpc) is 2.39. The van der Waals surface area contributed by atoms with Crippen LogP contribution in [0.4, 0.5) is 4.39 Å². The summed E-state index contributed by atoms with van der Waals surface area (Å²) in [5, 5.41) is 0. The van der Waals surface area contributed by atoms with Crippen molar-refractivity contribution in [3.05, 3.63) is 30.1 Å². The van der Waals surface area contributed by atoms with Crippen LogP contribution in [0, 0.1) is 5.82 Å². The highest BCUT2D eigenvalue weighted by Crippen LogP contribution is 2.12. The van der Waals surface area contributed by atoms with E-state index in [1.165, 1.54) is 38.3 Å². The molecule has 0 bridgehead atoms. The number of halogens is 1. The number of carbonyl (C=O) groups excluding carboxylic acids is 2. The Morgan fingerprint density at radius 2 is 1.89 bits per heavy atom. The predicted octanol–water partition coefficient (Wildman–Crippen LogP) is 0.387. The molecule has 2 N–H and O–H groups in total. The number of rotatable bonds is 5. The number of benzene rings is 1. The van der Waals surface area contributed by atoms with Gasteiger partial charge in [-0.25, -0.2) is 4.39 Å². The predicted molar refractivity (Wildman–Crippen MR) is 64.7 cm³/mol. The van der Waals surface area contributed by atoms with Crippen molar-refractivity contribution in [3.8, 4) is 5.75 Å². The standard InChI is InChI=1S/C12H15FN2O4/c1-8(12(17)15-14-11(16)7-18-2)19-10-5-3-9(13)4-6-10/h3-6,8H,7H2,1-2H3,(H,14,16)(H,15,17)/t8-/m1/s1. The maximum Gasteiger partial charge on any atom is 0.279 e. The Kier molecular flexibility index (Phi) is 5.74. The van der Waals surface area contributed by atoms with Gasteiger partial charge in [-0.3, -0.25) is 20.4 Å². The van der Waals surface area contributed by atoms with Gasteiger partial charge in [0.2, 0.25) is 0 Å². The number of hydrogen-bond donors (Lipinski definition) is 2. The molecule has 0 saturated heterocycles. The number of ether oxygens (including phenoxy) is 2. The van der Waals surface area contributed by atoms with E-state index < -0.39 is 23.7 Å². The third kappa shape index (κ3) is 5.35. The Balaban J connectivity index is 2.40. The van der Waals surface area contributed by atoms with Crippen molar-refractivity contribution in [3.63, 3.8) is 0 Å². The van der Waals surface area contributed by atoms with E-state index in [2.05, 4.69) is 15.6 Å². The van der Waals surface area contributed by atoms with Crippen LogP contribution in [0.1, 0.15) is 6.92 Å². The first kappa shape index (κ1) is 14.9. The third-order valence-electron chi connectivity index (χ3n) is 2.10. The molecule has 19 heavy (non-hydrogen) atoms. The fourth-order valence-corrected chi connectivity index (χ4v) is 1.17. The van der Waals surface area contributed by atoms with Gasteiger partial charge in [-0.1, -0.05) is 0 Å². The first-order valence-corrected chi connectivity index (χ1v) is 5.52. The summed E-state index contributed by atoms with van der Waals surface area (Å²) in [5.41, 5.74) is 4.34. The summed E-state index contributed by atoms with van der Waals surface area (Å²) in [6, 6.07) is 5.26. The molecule has 0 heterocycles. The lowest BCUT2D eigenvalue weighted by molar-refractivity contribution is -0.134. The molecule has 0 fully saturated rings.